The highest BCUT2D eigenvalue weighted by atomic mass is 16.6. The van der Waals surface area contributed by atoms with Crippen molar-refractivity contribution in [3.05, 3.63) is 28.3 Å². The van der Waals surface area contributed by atoms with E-state index in [0.29, 0.717) is 17.3 Å². The first-order chi connectivity index (χ1) is 8.63. The second-order valence-electron chi connectivity index (χ2n) is 4.77. The number of nitrogens with zero attached hydrogens (tertiary/aromatic N) is 2. The summed E-state index contributed by atoms with van der Waals surface area (Å²) in [6.45, 7) is 3.89. The van der Waals surface area contributed by atoms with Crippen LogP contribution in [0.2, 0.25) is 0 Å². The molecular formula is C12H18N4O2. The normalized spacial score (nSPS) is 19.7. The molecule has 1 fully saturated rings. The number of nitrogens with one attached hydrogen (secondary N) is 1. The van der Waals surface area contributed by atoms with Crippen molar-refractivity contribution in [3.63, 3.8) is 0 Å². The Kier molecular flexibility index (Phi) is 3.66. The number of hydrogen-bond donors (Lipinski definition) is 2. The number of nitrogen functional groups attached to an aromatic ring is 1. The predicted molar refractivity (Wildman–Crippen MR) is 71.5 cm³/mol. The van der Waals surface area contributed by atoms with Gasteiger partial charge in [-0.3, -0.25) is 16.0 Å². The van der Waals surface area contributed by atoms with E-state index in [1.165, 1.54) is 6.42 Å². The van der Waals surface area contributed by atoms with Crippen LogP contribution in [0.25, 0.3) is 0 Å². The molecule has 1 aliphatic rings. The fourth-order valence-electron chi connectivity index (χ4n) is 2.50. The molecule has 1 unspecified atom stereocenters. The molecule has 0 spiro atoms. The highest BCUT2D eigenvalue weighted by molar-refractivity contribution is 5.76. The number of nitro groups is 1. The van der Waals surface area contributed by atoms with Gasteiger partial charge >= 0.3 is 5.69 Å². The van der Waals surface area contributed by atoms with Crippen LogP contribution in [0.15, 0.2) is 18.2 Å². The highest BCUT2D eigenvalue weighted by Gasteiger charge is 2.26. The highest BCUT2D eigenvalue weighted by Crippen LogP contribution is 2.36. The van der Waals surface area contributed by atoms with Crippen LogP contribution in [-0.2, 0) is 0 Å². The Balaban J connectivity index is 2.40. The van der Waals surface area contributed by atoms with Crippen molar-refractivity contribution in [3.8, 4) is 0 Å². The molecule has 0 amide bonds. The average Bonchev–Trinajstić information content (AvgIpc) is 2.37. The molecule has 1 aliphatic heterocycles. The lowest BCUT2D eigenvalue weighted by Gasteiger charge is -2.32. The molecule has 0 aliphatic carbocycles. The summed E-state index contributed by atoms with van der Waals surface area (Å²) in [6, 6.07) is 5.20. The molecular weight excluding hydrogens is 232 g/mol. The van der Waals surface area contributed by atoms with Crippen LogP contribution in [0.1, 0.15) is 19.8 Å². The van der Waals surface area contributed by atoms with Crippen LogP contribution < -0.4 is 16.2 Å². The summed E-state index contributed by atoms with van der Waals surface area (Å²) in [6.07, 6.45) is 2.25. The summed E-state index contributed by atoms with van der Waals surface area (Å²) < 4.78 is 0. The zero-order chi connectivity index (χ0) is 13.1. The number of piperidine rings is 1. The molecule has 6 heteroatoms. The molecule has 1 atom stereocenters. The van der Waals surface area contributed by atoms with Crippen molar-refractivity contribution < 1.29 is 4.92 Å². The van der Waals surface area contributed by atoms with E-state index in [0.717, 1.165) is 19.5 Å². The van der Waals surface area contributed by atoms with Gasteiger partial charge in [0.25, 0.3) is 0 Å². The Bertz CT molecular complexity index is 450. The van der Waals surface area contributed by atoms with Crippen LogP contribution in [0, 0.1) is 16.0 Å². The van der Waals surface area contributed by atoms with Gasteiger partial charge in [0.2, 0.25) is 0 Å². The van der Waals surface area contributed by atoms with E-state index in [-0.39, 0.29) is 10.6 Å². The molecule has 0 radical (unpaired) electrons. The van der Waals surface area contributed by atoms with Gasteiger partial charge in [0, 0.05) is 13.1 Å². The first-order valence-electron chi connectivity index (χ1n) is 6.12. The Morgan fingerprint density at radius 3 is 2.94 bits per heavy atom. The van der Waals surface area contributed by atoms with E-state index in [4.69, 9.17) is 5.84 Å². The molecule has 1 aromatic rings. The van der Waals surface area contributed by atoms with Crippen LogP contribution in [-0.4, -0.2) is 18.0 Å². The maximum Gasteiger partial charge on any atom is 0.316 e. The van der Waals surface area contributed by atoms with E-state index in [1.54, 1.807) is 18.2 Å². The topological polar surface area (TPSA) is 84.4 Å². The number of hydrogen-bond acceptors (Lipinski definition) is 5. The summed E-state index contributed by atoms with van der Waals surface area (Å²) in [5.74, 6) is 5.90. The Labute approximate surface area is 106 Å². The fourth-order valence-corrected chi connectivity index (χ4v) is 2.50. The fraction of sp³-hybridized carbons (Fsp3) is 0.500. The smallest absolute Gasteiger partial charge is 0.316 e. The minimum absolute atomic E-state index is 0.0640. The Morgan fingerprint density at radius 1 is 1.56 bits per heavy atom. The van der Waals surface area contributed by atoms with Crippen LogP contribution in [0.4, 0.5) is 17.1 Å². The first-order valence-corrected chi connectivity index (χ1v) is 6.12. The van der Waals surface area contributed by atoms with E-state index >= 15 is 0 Å². The number of rotatable bonds is 3. The van der Waals surface area contributed by atoms with E-state index in [1.807, 2.05) is 0 Å². The molecule has 0 saturated carbocycles. The standard InChI is InChI=1S/C12H18N4O2/c1-9-4-3-7-15(8-9)11-6-2-5-10(14-13)12(11)16(17)18/h2,5-6,9,14H,3-4,7-8,13H2,1H3. The van der Waals surface area contributed by atoms with Gasteiger partial charge in [0.1, 0.15) is 11.4 Å². The maximum atomic E-state index is 11.2. The van der Waals surface area contributed by atoms with Gasteiger partial charge in [-0.1, -0.05) is 13.0 Å². The van der Waals surface area contributed by atoms with Crippen molar-refractivity contribution in [1.82, 2.24) is 0 Å². The second kappa shape index (κ2) is 5.22. The van der Waals surface area contributed by atoms with Gasteiger partial charge in [0.15, 0.2) is 0 Å². The third-order valence-electron chi connectivity index (χ3n) is 3.35. The largest absolute Gasteiger partial charge is 0.366 e. The lowest BCUT2D eigenvalue weighted by atomic mass is 9.99. The zero-order valence-electron chi connectivity index (χ0n) is 10.4. The molecule has 3 N–H and O–H groups in total. The van der Waals surface area contributed by atoms with Gasteiger partial charge in [-0.15, -0.1) is 0 Å². The van der Waals surface area contributed by atoms with Gasteiger partial charge in [-0.2, -0.15) is 0 Å². The number of para-hydroxylation sites is 1. The average molecular weight is 250 g/mol. The van der Waals surface area contributed by atoms with Gasteiger partial charge in [-0.25, -0.2) is 0 Å². The Morgan fingerprint density at radius 2 is 2.33 bits per heavy atom. The van der Waals surface area contributed by atoms with Gasteiger partial charge < -0.3 is 10.3 Å². The molecule has 0 bridgehead atoms. The van der Waals surface area contributed by atoms with Crippen LogP contribution in [0.3, 0.4) is 0 Å². The van der Waals surface area contributed by atoms with Crippen molar-refractivity contribution in [2.75, 3.05) is 23.4 Å². The molecule has 6 nitrogen and oxygen atoms in total. The molecule has 2 rings (SSSR count). The second-order valence-corrected chi connectivity index (χ2v) is 4.77. The summed E-state index contributed by atoms with van der Waals surface area (Å²) in [4.78, 5) is 12.9. The summed E-state index contributed by atoms with van der Waals surface area (Å²) >= 11 is 0. The number of nitrogens with two attached hydrogens (primary N) is 1. The minimum Gasteiger partial charge on any atom is -0.366 e. The molecule has 0 aromatic heterocycles. The predicted octanol–water partition coefficient (Wildman–Crippen LogP) is 2.12. The third-order valence-corrected chi connectivity index (χ3v) is 3.35. The summed E-state index contributed by atoms with van der Waals surface area (Å²) in [5, 5.41) is 11.2. The van der Waals surface area contributed by atoms with E-state index in [9.17, 15) is 10.1 Å². The maximum absolute atomic E-state index is 11.2. The Hall–Kier alpha value is -1.82. The van der Waals surface area contributed by atoms with Gasteiger partial charge in [0.05, 0.1) is 4.92 Å². The monoisotopic (exact) mass is 250 g/mol. The molecule has 1 saturated heterocycles. The molecule has 18 heavy (non-hydrogen) atoms. The van der Waals surface area contributed by atoms with Crippen molar-refractivity contribution >= 4 is 17.1 Å². The number of hydrazine groups is 1. The van der Waals surface area contributed by atoms with Crippen molar-refractivity contribution in [2.24, 2.45) is 11.8 Å². The summed E-state index contributed by atoms with van der Waals surface area (Å²) in [5.41, 5.74) is 3.48. The summed E-state index contributed by atoms with van der Waals surface area (Å²) in [7, 11) is 0. The molecule has 1 aromatic carbocycles. The van der Waals surface area contributed by atoms with E-state index < -0.39 is 0 Å². The number of anilines is 2. The lowest BCUT2D eigenvalue weighted by Crippen LogP contribution is -2.34. The SMILES string of the molecule is CC1CCCN(c2cccc(NN)c2[N+](=O)[O-])C1. The van der Waals surface area contributed by atoms with Crippen LogP contribution in [0.5, 0.6) is 0 Å². The van der Waals surface area contributed by atoms with Crippen LogP contribution >= 0.6 is 0 Å². The molecule has 98 valence electrons. The first kappa shape index (κ1) is 12.6. The van der Waals surface area contributed by atoms with Crippen molar-refractivity contribution in [2.45, 2.75) is 19.8 Å². The van der Waals surface area contributed by atoms with Crippen molar-refractivity contribution in [1.29, 1.82) is 0 Å². The molecule has 1 heterocycles. The lowest BCUT2D eigenvalue weighted by molar-refractivity contribution is -0.383. The third kappa shape index (κ3) is 2.38. The quantitative estimate of drug-likeness (QED) is 0.487. The van der Waals surface area contributed by atoms with Gasteiger partial charge in [-0.05, 0) is 30.9 Å². The number of benzene rings is 1. The zero-order valence-corrected chi connectivity index (χ0v) is 10.4. The van der Waals surface area contributed by atoms with E-state index in [2.05, 4.69) is 17.2 Å². The minimum atomic E-state index is -0.371. The number of nitro benzene ring substituents is 1.